The highest BCUT2D eigenvalue weighted by Crippen LogP contribution is 2.48. The fourth-order valence-electron chi connectivity index (χ4n) is 5.45. The molecule has 3 aliphatic rings. The first-order chi connectivity index (χ1) is 20.8. The van der Waals surface area contributed by atoms with Crippen LogP contribution in [-0.4, -0.2) is 48.8 Å². The molecule has 14 heteroatoms. The van der Waals surface area contributed by atoms with Crippen LogP contribution in [0.5, 0.6) is 0 Å². The molecule has 0 saturated carbocycles. The van der Waals surface area contributed by atoms with Crippen LogP contribution in [-0.2, 0) is 25.2 Å². The van der Waals surface area contributed by atoms with Gasteiger partial charge in [-0.05, 0) is 47.5 Å². The molecule has 2 aliphatic heterocycles. The molecule has 1 saturated heterocycles. The number of hydrazine groups is 1. The first kappa shape index (κ1) is 26.2. The van der Waals surface area contributed by atoms with Gasteiger partial charge in [0.15, 0.2) is 5.54 Å². The fourth-order valence-corrected chi connectivity index (χ4v) is 6.45. The van der Waals surface area contributed by atoms with Gasteiger partial charge in [0.1, 0.15) is 12.4 Å². The van der Waals surface area contributed by atoms with Crippen LogP contribution in [0.4, 0.5) is 16.3 Å². The molecule has 0 bridgehead atoms. The molecule has 7 rings (SSSR count). The van der Waals surface area contributed by atoms with E-state index in [9.17, 15) is 22.8 Å². The van der Waals surface area contributed by atoms with E-state index < -0.39 is 33.4 Å². The lowest BCUT2D eigenvalue weighted by Crippen LogP contribution is -2.68. The van der Waals surface area contributed by atoms with Gasteiger partial charge in [-0.1, -0.05) is 54.6 Å². The van der Waals surface area contributed by atoms with Gasteiger partial charge in [-0.15, -0.1) is 5.10 Å². The number of nitrogens with one attached hydrogen (secondary N) is 4. The summed E-state index contributed by atoms with van der Waals surface area (Å²) >= 11 is 0. The van der Waals surface area contributed by atoms with Gasteiger partial charge in [0.25, 0.3) is 21.8 Å². The van der Waals surface area contributed by atoms with E-state index in [0.29, 0.717) is 0 Å². The second kappa shape index (κ2) is 9.66. The number of imide groups is 1. The lowest BCUT2D eigenvalue weighted by atomic mass is 9.87. The number of hydrazone groups is 1. The van der Waals surface area contributed by atoms with Gasteiger partial charge in [-0.3, -0.25) is 25.1 Å². The summed E-state index contributed by atoms with van der Waals surface area (Å²) in [5, 5.41) is 8.26. The number of rotatable bonds is 4. The van der Waals surface area contributed by atoms with Crippen LogP contribution in [0.3, 0.4) is 0 Å². The zero-order valence-corrected chi connectivity index (χ0v) is 23.0. The van der Waals surface area contributed by atoms with Crippen molar-refractivity contribution in [2.45, 2.75) is 10.4 Å². The number of carbonyl (C=O) groups excluding carboxylic acids is 3. The van der Waals surface area contributed by atoms with Gasteiger partial charge >= 0.3 is 6.03 Å². The summed E-state index contributed by atoms with van der Waals surface area (Å²) in [6.07, 6.45) is 1.45. The average Bonchev–Trinajstić information content (AvgIpc) is 3.29. The van der Waals surface area contributed by atoms with Crippen molar-refractivity contribution in [3.05, 3.63) is 108 Å². The van der Waals surface area contributed by atoms with E-state index in [0.717, 1.165) is 32.2 Å². The third kappa shape index (κ3) is 4.15. The Morgan fingerprint density at radius 3 is 2.07 bits per heavy atom. The predicted octanol–water partition coefficient (Wildman–Crippen LogP) is 2.07. The average molecular weight is 595 g/mol. The molecule has 0 radical (unpaired) electrons. The fraction of sp³-hybridized carbons (Fsp3) is 0.0690. The molecule has 13 nitrogen and oxygen atoms in total. The number of amides is 4. The minimum Gasteiger partial charge on any atom is -0.291 e. The second-order valence-electron chi connectivity index (χ2n) is 9.89. The quantitative estimate of drug-likeness (QED) is 0.279. The highest BCUT2D eigenvalue weighted by atomic mass is 32.2. The number of guanidine groups is 1. The van der Waals surface area contributed by atoms with Gasteiger partial charge in [-0.2, -0.15) is 0 Å². The standard InChI is InChI=1S/C29H22N8O5S/c38-25-17-36(27-31-26(39)29(35-32-27)22-9-3-1-7-20(22)21-8-2-4-10-23(21)29)33-28(40)37(25)18-12-14-19(15-13-18)43(41,42)34-24-11-5-6-16-30-24/h1-16,35H,17H2,(H,30,34)(H,33,40)(H,31,32,39). The maximum Gasteiger partial charge on any atom is 0.347 e. The number of hydrogen-bond donors (Lipinski definition) is 4. The number of aromatic nitrogens is 1. The summed E-state index contributed by atoms with van der Waals surface area (Å²) in [6.45, 7) is -0.353. The van der Waals surface area contributed by atoms with E-state index in [4.69, 9.17) is 0 Å². The van der Waals surface area contributed by atoms with Crippen LogP contribution in [0.1, 0.15) is 11.1 Å². The lowest BCUT2D eigenvalue weighted by Gasteiger charge is -2.39. The van der Waals surface area contributed by atoms with E-state index in [2.05, 4.69) is 31.0 Å². The molecule has 1 aromatic heterocycles. The Morgan fingerprint density at radius 2 is 1.47 bits per heavy atom. The Morgan fingerprint density at radius 1 is 0.814 bits per heavy atom. The number of fused-ring (bicyclic) bond motifs is 5. The third-order valence-corrected chi connectivity index (χ3v) is 8.76. The molecule has 4 amide bonds. The van der Waals surface area contributed by atoms with E-state index in [1.807, 2.05) is 48.5 Å². The molecule has 3 aromatic carbocycles. The maximum atomic E-state index is 13.7. The molecule has 4 N–H and O–H groups in total. The molecule has 4 aromatic rings. The number of nitrogens with zero attached hydrogens (tertiary/aromatic N) is 4. The van der Waals surface area contributed by atoms with Crippen molar-refractivity contribution in [1.29, 1.82) is 0 Å². The van der Waals surface area contributed by atoms with E-state index >= 15 is 0 Å². The van der Waals surface area contributed by atoms with Gasteiger partial charge in [-0.25, -0.2) is 33.5 Å². The molecular formula is C29H22N8O5S. The zero-order valence-electron chi connectivity index (χ0n) is 22.2. The normalized spacial score (nSPS) is 16.9. The van der Waals surface area contributed by atoms with Crippen molar-refractivity contribution in [2.75, 3.05) is 16.2 Å². The summed E-state index contributed by atoms with van der Waals surface area (Å²) in [5.74, 6) is -0.951. The Balaban J connectivity index is 1.10. The Labute approximate surface area is 245 Å². The maximum absolute atomic E-state index is 13.7. The minimum absolute atomic E-state index is 0.0547. The van der Waals surface area contributed by atoms with Gasteiger partial charge in [0.05, 0.1) is 10.6 Å². The number of hydrogen-bond acceptors (Lipinski definition) is 9. The number of sulfonamides is 1. The summed E-state index contributed by atoms with van der Waals surface area (Å²) < 4.78 is 27.8. The van der Waals surface area contributed by atoms with Gasteiger partial charge in [0, 0.05) is 17.3 Å². The van der Waals surface area contributed by atoms with Crippen molar-refractivity contribution < 1.29 is 22.8 Å². The van der Waals surface area contributed by atoms with Crippen LogP contribution in [0.2, 0.25) is 0 Å². The van der Waals surface area contributed by atoms with Crippen LogP contribution >= 0.6 is 0 Å². The summed E-state index contributed by atoms with van der Waals surface area (Å²) in [5.41, 5.74) is 7.73. The first-order valence-corrected chi connectivity index (χ1v) is 14.6. The van der Waals surface area contributed by atoms with Crippen molar-refractivity contribution in [3.8, 4) is 11.1 Å². The van der Waals surface area contributed by atoms with Gasteiger partial charge < -0.3 is 0 Å². The molecule has 214 valence electrons. The van der Waals surface area contributed by atoms with Crippen LogP contribution < -0.4 is 25.8 Å². The van der Waals surface area contributed by atoms with Crippen LogP contribution in [0.15, 0.2) is 107 Å². The number of urea groups is 1. The third-order valence-electron chi connectivity index (χ3n) is 7.39. The number of pyridine rings is 1. The summed E-state index contributed by atoms with van der Waals surface area (Å²) in [7, 11) is -3.95. The molecule has 1 aliphatic carbocycles. The van der Waals surface area contributed by atoms with E-state index in [-0.39, 0.29) is 28.9 Å². The molecular weight excluding hydrogens is 572 g/mol. The molecule has 3 heterocycles. The van der Waals surface area contributed by atoms with Crippen molar-refractivity contribution >= 4 is 45.3 Å². The molecule has 1 fully saturated rings. The lowest BCUT2D eigenvalue weighted by molar-refractivity contribution is -0.126. The topological polar surface area (TPSA) is 165 Å². The molecule has 0 atom stereocenters. The Hall–Kier alpha value is -5.76. The number of carbonyl (C=O) groups is 3. The number of benzene rings is 3. The largest absolute Gasteiger partial charge is 0.347 e. The zero-order chi connectivity index (χ0) is 29.8. The molecule has 1 spiro atoms. The number of anilines is 2. The van der Waals surface area contributed by atoms with Crippen LogP contribution in [0.25, 0.3) is 11.1 Å². The smallest absolute Gasteiger partial charge is 0.291 e. The summed E-state index contributed by atoms with van der Waals surface area (Å²) in [4.78, 5) is 44.7. The van der Waals surface area contributed by atoms with E-state index in [1.165, 1.54) is 36.5 Å². The van der Waals surface area contributed by atoms with Gasteiger partial charge in [0.2, 0.25) is 5.96 Å². The SMILES string of the molecule is O=C1CN(C2=NNC3(C(=O)N2)c2ccccc2-c2ccccc23)NC(=O)N1c1ccc(S(=O)(=O)Nc2ccccn2)cc1. The second-order valence-corrected chi connectivity index (χ2v) is 11.6. The van der Waals surface area contributed by atoms with E-state index in [1.54, 1.807) is 12.1 Å². The summed E-state index contributed by atoms with van der Waals surface area (Å²) in [6, 6.07) is 24.3. The van der Waals surface area contributed by atoms with Crippen LogP contribution in [0, 0.1) is 0 Å². The molecule has 0 unspecified atom stereocenters. The van der Waals surface area contributed by atoms with Crippen molar-refractivity contribution in [3.63, 3.8) is 0 Å². The monoisotopic (exact) mass is 594 g/mol. The minimum atomic E-state index is -3.95. The first-order valence-electron chi connectivity index (χ1n) is 13.1. The van der Waals surface area contributed by atoms with Crippen molar-refractivity contribution in [2.24, 2.45) is 5.10 Å². The predicted molar refractivity (Wildman–Crippen MR) is 156 cm³/mol. The Kier molecular flexibility index (Phi) is 5.88. The Bertz CT molecular complexity index is 1880. The highest BCUT2D eigenvalue weighted by Gasteiger charge is 2.52. The highest BCUT2D eigenvalue weighted by molar-refractivity contribution is 7.92. The van der Waals surface area contributed by atoms with Crippen molar-refractivity contribution in [1.82, 2.24) is 26.2 Å². The molecule has 43 heavy (non-hydrogen) atoms.